The summed E-state index contributed by atoms with van der Waals surface area (Å²) in [4.78, 5) is 17.2. The Hall–Kier alpha value is -1.26. The van der Waals surface area contributed by atoms with Gasteiger partial charge in [-0.05, 0) is 55.3 Å². The van der Waals surface area contributed by atoms with Crippen LogP contribution in [0.2, 0.25) is 10.0 Å². The van der Waals surface area contributed by atoms with Gasteiger partial charge in [0, 0.05) is 25.7 Å². The minimum atomic E-state index is 0. The Labute approximate surface area is 171 Å². The monoisotopic (exact) mass is 412 g/mol. The van der Waals surface area contributed by atoms with Crippen LogP contribution in [0, 0.1) is 0 Å². The normalized spacial score (nSPS) is 14.1. The van der Waals surface area contributed by atoms with E-state index >= 15 is 0 Å². The van der Waals surface area contributed by atoms with Crippen LogP contribution in [0.5, 0.6) is 0 Å². The second-order valence-electron chi connectivity index (χ2n) is 6.45. The van der Waals surface area contributed by atoms with Crippen LogP contribution in [0.3, 0.4) is 0 Å². The van der Waals surface area contributed by atoms with Gasteiger partial charge in [-0.1, -0.05) is 47.5 Å². The zero-order valence-electron chi connectivity index (χ0n) is 14.8. The van der Waals surface area contributed by atoms with E-state index in [0.717, 1.165) is 37.3 Å². The molecular formula is C20H23Cl3N2O. The molecule has 0 saturated carbocycles. The minimum absolute atomic E-state index is 0. The van der Waals surface area contributed by atoms with E-state index in [4.69, 9.17) is 23.2 Å². The lowest BCUT2D eigenvalue weighted by Crippen LogP contribution is -2.35. The molecule has 0 atom stereocenters. The molecule has 0 N–H and O–H groups in total. The Bertz CT molecular complexity index is 760. The van der Waals surface area contributed by atoms with Crippen LogP contribution >= 0.6 is 35.6 Å². The fourth-order valence-electron chi connectivity index (χ4n) is 3.19. The van der Waals surface area contributed by atoms with Gasteiger partial charge in [0.2, 0.25) is 0 Å². The molecule has 3 rings (SSSR count). The number of hydrogen-bond acceptors (Lipinski definition) is 2. The highest BCUT2D eigenvalue weighted by Crippen LogP contribution is 2.30. The highest BCUT2D eigenvalue weighted by molar-refractivity contribution is 6.42. The SMILES string of the molecule is CN(CCN1CCCC1)C(=O)c1ccccc1-c1ccc(Cl)c(Cl)c1.Cl. The maximum absolute atomic E-state index is 12.9. The molecule has 1 aliphatic heterocycles. The Morgan fingerprint density at radius 2 is 1.77 bits per heavy atom. The van der Waals surface area contributed by atoms with Crippen LogP contribution in [0.4, 0.5) is 0 Å². The maximum Gasteiger partial charge on any atom is 0.254 e. The molecule has 0 radical (unpaired) electrons. The Morgan fingerprint density at radius 1 is 1.08 bits per heavy atom. The molecule has 0 aromatic heterocycles. The number of halogens is 3. The first kappa shape index (κ1) is 21.0. The van der Waals surface area contributed by atoms with Crippen molar-refractivity contribution in [1.82, 2.24) is 9.80 Å². The highest BCUT2D eigenvalue weighted by atomic mass is 35.5. The molecule has 0 bridgehead atoms. The number of amides is 1. The quantitative estimate of drug-likeness (QED) is 0.668. The predicted molar refractivity (Wildman–Crippen MR) is 112 cm³/mol. The third-order valence-corrected chi connectivity index (χ3v) is 5.42. The third-order valence-electron chi connectivity index (χ3n) is 4.69. The van der Waals surface area contributed by atoms with E-state index in [1.54, 1.807) is 17.0 Å². The molecule has 1 amide bonds. The molecule has 2 aromatic rings. The van der Waals surface area contributed by atoms with Crippen molar-refractivity contribution in [2.75, 3.05) is 33.2 Å². The summed E-state index contributed by atoms with van der Waals surface area (Å²) in [6, 6.07) is 13.1. The number of carbonyl (C=O) groups is 1. The second kappa shape index (κ2) is 9.61. The number of nitrogens with zero attached hydrogens (tertiary/aromatic N) is 2. The summed E-state index contributed by atoms with van der Waals surface area (Å²) < 4.78 is 0. The topological polar surface area (TPSA) is 23.6 Å². The smallest absolute Gasteiger partial charge is 0.254 e. The van der Waals surface area contributed by atoms with Crippen molar-refractivity contribution < 1.29 is 4.79 Å². The van der Waals surface area contributed by atoms with Gasteiger partial charge in [0.1, 0.15) is 0 Å². The molecule has 140 valence electrons. The molecule has 26 heavy (non-hydrogen) atoms. The Balaban J connectivity index is 0.00000243. The van der Waals surface area contributed by atoms with Crippen molar-refractivity contribution in [2.45, 2.75) is 12.8 Å². The van der Waals surface area contributed by atoms with E-state index < -0.39 is 0 Å². The summed E-state index contributed by atoms with van der Waals surface area (Å²) in [5, 5.41) is 1.00. The largest absolute Gasteiger partial charge is 0.340 e. The van der Waals surface area contributed by atoms with Gasteiger partial charge in [0.05, 0.1) is 10.0 Å². The van der Waals surface area contributed by atoms with E-state index in [1.165, 1.54) is 12.8 Å². The van der Waals surface area contributed by atoms with Crippen molar-refractivity contribution >= 4 is 41.5 Å². The maximum atomic E-state index is 12.9. The molecule has 6 heteroatoms. The van der Waals surface area contributed by atoms with E-state index in [0.29, 0.717) is 15.6 Å². The number of likely N-dealkylation sites (tertiary alicyclic amines) is 1. The number of rotatable bonds is 5. The zero-order valence-corrected chi connectivity index (χ0v) is 17.1. The molecular weight excluding hydrogens is 391 g/mol. The summed E-state index contributed by atoms with van der Waals surface area (Å²) >= 11 is 12.2. The van der Waals surface area contributed by atoms with Gasteiger partial charge in [-0.3, -0.25) is 4.79 Å². The summed E-state index contributed by atoms with van der Waals surface area (Å²) in [5.74, 6) is 0.0286. The molecule has 1 saturated heterocycles. The van der Waals surface area contributed by atoms with Crippen LogP contribution in [0.15, 0.2) is 42.5 Å². The van der Waals surface area contributed by atoms with Crippen molar-refractivity contribution in [1.29, 1.82) is 0 Å². The molecule has 1 heterocycles. The number of hydrogen-bond donors (Lipinski definition) is 0. The number of benzene rings is 2. The fourth-order valence-corrected chi connectivity index (χ4v) is 3.49. The average Bonchev–Trinajstić information content (AvgIpc) is 3.15. The Kier molecular flexibility index (Phi) is 7.78. The lowest BCUT2D eigenvalue weighted by Gasteiger charge is -2.22. The van der Waals surface area contributed by atoms with Crippen LogP contribution in [0.1, 0.15) is 23.2 Å². The van der Waals surface area contributed by atoms with Gasteiger partial charge in [0.25, 0.3) is 5.91 Å². The summed E-state index contributed by atoms with van der Waals surface area (Å²) in [5.41, 5.74) is 2.45. The van der Waals surface area contributed by atoms with Crippen LogP contribution in [-0.4, -0.2) is 48.9 Å². The molecule has 3 nitrogen and oxygen atoms in total. The predicted octanol–water partition coefficient (Wildman–Crippen LogP) is 5.25. The van der Waals surface area contributed by atoms with Crippen LogP contribution in [-0.2, 0) is 0 Å². The first-order valence-corrected chi connectivity index (χ1v) is 9.34. The molecule has 0 unspecified atom stereocenters. The Morgan fingerprint density at radius 3 is 2.46 bits per heavy atom. The van der Waals surface area contributed by atoms with Crippen molar-refractivity contribution in [2.24, 2.45) is 0 Å². The van der Waals surface area contributed by atoms with Gasteiger partial charge >= 0.3 is 0 Å². The van der Waals surface area contributed by atoms with Crippen molar-refractivity contribution in [3.8, 4) is 11.1 Å². The van der Waals surface area contributed by atoms with Crippen molar-refractivity contribution in [3.63, 3.8) is 0 Å². The van der Waals surface area contributed by atoms with Gasteiger partial charge < -0.3 is 9.80 Å². The van der Waals surface area contributed by atoms with E-state index in [1.807, 2.05) is 37.4 Å². The number of likely N-dealkylation sites (N-methyl/N-ethyl adjacent to an activating group) is 1. The van der Waals surface area contributed by atoms with Gasteiger partial charge in [-0.2, -0.15) is 0 Å². The summed E-state index contributed by atoms with van der Waals surface area (Å²) in [6.07, 6.45) is 2.52. The number of carbonyl (C=O) groups excluding carboxylic acids is 1. The highest BCUT2D eigenvalue weighted by Gasteiger charge is 2.18. The zero-order chi connectivity index (χ0) is 17.8. The molecule has 2 aromatic carbocycles. The third kappa shape index (κ3) is 4.92. The fraction of sp³-hybridized carbons (Fsp3) is 0.350. The molecule has 0 aliphatic carbocycles. The van der Waals surface area contributed by atoms with Gasteiger partial charge in [-0.15, -0.1) is 12.4 Å². The molecule has 1 aliphatic rings. The first-order valence-electron chi connectivity index (χ1n) is 8.58. The summed E-state index contributed by atoms with van der Waals surface area (Å²) in [6.45, 7) is 3.94. The first-order chi connectivity index (χ1) is 12.1. The minimum Gasteiger partial charge on any atom is -0.340 e. The summed E-state index contributed by atoms with van der Waals surface area (Å²) in [7, 11) is 1.87. The van der Waals surface area contributed by atoms with Crippen LogP contribution < -0.4 is 0 Å². The van der Waals surface area contributed by atoms with Gasteiger partial charge in [-0.25, -0.2) is 0 Å². The van der Waals surface area contributed by atoms with E-state index in [-0.39, 0.29) is 18.3 Å². The lowest BCUT2D eigenvalue weighted by atomic mass is 9.99. The molecule has 1 fully saturated rings. The average molecular weight is 414 g/mol. The van der Waals surface area contributed by atoms with Crippen LogP contribution in [0.25, 0.3) is 11.1 Å². The van der Waals surface area contributed by atoms with Crippen molar-refractivity contribution in [3.05, 3.63) is 58.1 Å². The van der Waals surface area contributed by atoms with Gasteiger partial charge in [0.15, 0.2) is 0 Å². The molecule has 0 spiro atoms. The lowest BCUT2D eigenvalue weighted by molar-refractivity contribution is 0.0783. The standard InChI is InChI=1S/C20H22Cl2N2O.ClH/c1-23(12-13-24-10-4-5-11-24)20(25)17-7-3-2-6-16(17)15-8-9-18(21)19(22)14-15;/h2-3,6-9,14H,4-5,10-13H2,1H3;1H. The van der Waals surface area contributed by atoms with E-state index in [9.17, 15) is 4.79 Å². The van der Waals surface area contributed by atoms with E-state index in [2.05, 4.69) is 4.90 Å². The second-order valence-corrected chi connectivity index (χ2v) is 7.26.